The Hall–Kier alpha value is -1.20. The number of nitrogens with zero attached hydrogens (tertiary/aromatic N) is 4. The summed E-state index contributed by atoms with van der Waals surface area (Å²) in [6, 6.07) is 0. The van der Waals surface area contributed by atoms with Crippen molar-refractivity contribution in [1.82, 2.24) is 25.7 Å². The third kappa shape index (κ3) is 7.71. The zero-order valence-electron chi connectivity index (χ0n) is 19.2. The number of hydrogen-bond acceptors (Lipinski definition) is 6. The minimum atomic E-state index is 0. The van der Waals surface area contributed by atoms with Gasteiger partial charge in [0.25, 0.3) is 0 Å². The van der Waals surface area contributed by atoms with E-state index in [1.807, 2.05) is 0 Å². The molecule has 31 heavy (non-hydrogen) atoms. The Labute approximate surface area is 207 Å². The highest BCUT2D eigenvalue weighted by molar-refractivity contribution is 14.0. The van der Waals surface area contributed by atoms with Crippen molar-refractivity contribution in [3.8, 4) is 0 Å². The summed E-state index contributed by atoms with van der Waals surface area (Å²) in [6.45, 7) is 14.0. The third-order valence-electron chi connectivity index (χ3n) is 5.66. The molecule has 0 bridgehead atoms. The fourth-order valence-electron chi connectivity index (χ4n) is 3.92. The fraction of sp³-hybridized carbons (Fsp3) is 0.682. The number of guanidine groups is 1. The molecule has 1 aliphatic heterocycles. The summed E-state index contributed by atoms with van der Waals surface area (Å²) in [5.74, 6) is 2.51. The fourth-order valence-corrected chi connectivity index (χ4v) is 4.52. The van der Waals surface area contributed by atoms with Crippen molar-refractivity contribution in [2.45, 2.75) is 66.5 Å². The lowest BCUT2D eigenvalue weighted by atomic mass is 9.97. The quantitative estimate of drug-likeness (QED) is 0.273. The number of rotatable bonds is 9. The zero-order chi connectivity index (χ0) is 21.3. The third-order valence-corrected chi connectivity index (χ3v) is 6.49. The van der Waals surface area contributed by atoms with E-state index in [1.54, 1.807) is 11.3 Å². The number of piperidine rings is 1. The summed E-state index contributed by atoms with van der Waals surface area (Å²) in [7, 11) is 0. The SMILES string of the molecule is CCNC(=NCc1c(CC)noc1CC)NCC1CCN(Cc2csc(C)n2)CC1.I. The Morgan fingerprint density at radius 2 is 2.00 bits per heavy atom. The average molecular weight is 561 g/mol. The molecule has 0 aromatic carbocycles. The van der Waals surface area contributed by atoms with Crippen molar-refractivity contribution >= 4 is 41.3 Å². The van der Waals surface area contributed by atoms with Crippen LogP contribution in [0.1, 0.15) is 61.3 Å². The van der Waals surface area contributed by atoms with Crippen LogP contribution >= 0.6 is 35.3 Å². The van der Waals surface area contributed by atoms with E-state index in [4.69, 9.17) is 9.52 Å². The smallest absolute Gasteiger partial charge is 0.191 e. The maximum absolute atomic E-state index is 5.47. The molecule has 9 heteroatoms. The number of nitrogens with one attached hydrogen (secondary N) is 2. The Kier molecular flexibility index (Phi) is 11.2. The van der Waals surface area contributed by atoms with E-state index in [1.165, 1.54) is 18.5 Å². The van der Waals surface area contributed by atoms with Crippen molar-refractivity contribution in [1.29, 1.82) is 0 Å². The number of aryl methyl sites for hydroxylation is 3. The van der Waals surface area contributed by atoms with Crippen LogP contribution in [0.5, 0.6) is 0 Å². The molecule has 1 aliphatic rings. The molecule has 0 aliphatic carbocycles. The molecular formula is C22H37IN6OS. The summed E-state index contributed by atoms with van der Waals surface area (Å²) in [5, 5.41) is 14.5. The summed E-state index contributed by atoms with van der Waals surface area (Å²) < 4.78 is 5.47. The van der Waals surface area contributed by atoms with Gasteiger partial charge in [-0.05, 0) is 52.1 Å². The maximum atomic E-state index is 5.47. The van der Waals surface area contributed by atoms with Crippen molar-refractivity contribution < 1.29 is 4.52 Å². The lowest BCUT2D eigenvalue weighted by Crippen LogP contribution is -2.42. The number of aliphatic imine (C=N–C) groups is 1. The van der Waals surface area contributed by atoms with Gasteiger partial charge < -0.3 is 15.2 Å². The monoisotopic (exact) mass is 560 g/mol. The van der Waals surface area contributed by atoms with Gasteiger partial charge in [0.15, 0.2) is 5.96 Å². The topological polar surface area (TPSA) is 78.6 Å². The average Bonchev–Trinajstić information content (AvgIpc) is 3.36. The molecule has 3 rings (SSSR count). The van der Waals surface area contributed by atoms with Gasteiger partial charge in [-0.2, -0.15) is 0 Å². The Morgan fingerprint density at radius 3 is 2.61 bits per heavy atom. The van der Waals surface area contributed by atoms with Crippen LogP contribution in [0, 0.1) is 12.8 Å². The second kappa shape index (κ2) is 13.4. The first-order chi connectivity index (χ1) is 14.6. The number of thiazole rings is 1. The van der Waals surface area contributed by atoms with E-state index in [0.717, 1.165) is 73.6 Å². The van der Waals surface area contributed by atoms with Crippen molar-refractivity contribution in [2.75, 3.05) is 26.2 Å². The van der Waals surface area contributed by atoms with E-state index in [0.29, 0.717) is 12.5 Å². The van der Waals surface area contributed by atoms with Crippen molar-refractivity contribution in [3.63, 3.8) is 0 Å². The van der Waals surface area contributed by atoms with Gasteiger partial charge in [0.05, 0.1) is 22.9 Å². The highest BCUT2D eigenvalue weighted by atomic mass is 127. The van der Waals surface area contributed by atoms with Gasteiger partial charge in [0, 0.05) is 37.0 Å². The molecule has 7 nitrogen and oxygen atoms in total. The Balaban J connectivity index is 0.00000341. The van der Waals surface area contributed by atoms with Crippen LogP contribution in [0.15, 0.2) is 14.9 Å². The van der Waals surface area contributed by atoms with Gasteiger partial charge in [-0.3, -0.25) is 4.90 Å². The molecule has 0 saturated carbocycles. The maximum Gasteiger partial charge on any atom is 0.191 e. The normalized spacial score (nSPS) is 15.7. The first-order valence-electron chi connectivity index (χ1n) is 11.2. The van der Waals surface area contributed by atoms with E-state index in [2.05, 4.69) is 58.7 Å². The standard InChI is InChI=1S/C22H36N6OS.HI/c1-5-20-19(21(6-2)29-27-20)13-25-22(23-7-3)24-12-17-8-10-28(11-9-17)14-18-15-30-16(4)26-18;/h15,17H,5-14H2,1-4H3,(H2,23,24,25);1H. The van der Waals surface area contributed by atoms with Gasteiger partial charge in [-0.25, -0.2) is 9.98 Å². The van der Waals surface area contributed by atoms with Gasteiger partial charge in [0.1, 0.15) is 5.76 Å². The van der Waals surface area contributed by atoms with Crippen LogP contribution in [0.2, 0.25) is 0 Å². The van der Waals surface area contributed by atoms with Gasteiger partial charge >= 0.3 is 0 Å². The van der Waals surface area contributed by atoms with Crippen molar-refractivity contribution in [3.05, 3.63) is 33.1 Å². The highest BCUT2D eigenvalue weighted by Gasteiger charge is 2.20. The van der Waals surface area contributed by atoms with E-state index >= 15 is 0 Å². The minimum absolute atomic E-state index is 0. The van der Waals surface area contributed by atoms with Crippen molar-refractivity contribution in [2.24, 2.45) is 10.9 Å². The van der Waals surface area contributed by atoms with Crippen LogP contribution < -0.4 is 10.6 Å². The summed E-state index contributed by atoms with van der Waals surface area (Å²) in [4.78, 5) is 11.9. The minimum Gasteiger partial charge on any atom is -0.361 e. The molecule has 0 spiro atoms. The predicted octanol–water partition coefficient (Wildman–Crippen LogP) is 4.15. The van der Waals surface area contributed by atoms with Crippen LogP contribution in [0.4, 0.5) is 0 Å². The second-order valence-corrected chi connectivity index (χ2v) is 8.95. The molecule has 0 amide bonds. The Morgan fingerprint density at radius 1 is 1.23 bits per heavy atom. The largest absolute Gasteiger partial charge is 0.361 e. The zero-order valence-corrected chi connectivity index (χ0v) is 22.4. The Bertz CT molecular complexity index is 791. The molecule has 2 aromatic heterocycles. The lowest BCUT2D eigenvalue weighted by molar-refractivity contribution is 0.176. The number of halogens is 1. The second-order valence-electron chi connectivity index (χ2n) is 7.89. The first kappa shape index (κ1) is 26.1. The summed E-state index contributed by atoms with van der Waals surface area (Å²) in [6.07, 6.45) is 4.14. The number of likely N-dealkylation sites (tertiary alicyclic amines) is 1. The van der Waals surface area contributed by atoms with E-state index in [9.17, 15) is 0 Å². The molecule has 1 saturated heterocycles. The van der Waals surface area contributed by atoms with Gasteiger partial charge in [-0.15, -0.1) is 35.3 Å². The van der Waals surface area contributed by atoms with Crippen LogP contribution in [-0.2, 0) is 25.9 Å². The molecule has 2 N–H and O–H groups in total. The van der Waals surface area contributed by atoms with Crippen LogP contribution in [0.25, 0.3) is 0 Å². The molecule has 174 valence electrons. The summed E-state index contributed by atoms with van der Waals surface area (Å²) in [5.41, 5.74) is 3.37. The van der Waals surface area contributed by atoms with E-state index in [-0.39, 0.29) is 24.0 Å². The molecular weight excluding hydrogens is 523 g/mol. The highest BCUT2D eigenvalue weighted by Crippen LogP contribution is 2.20. The van der Waals surface area contributed by atoms with Gasteiger partial charge in [0.2, 0.25) is 0 Å². The first-order valence-corrected chi connectivity index (χ1v) is 12.1. The molecule has 0 unspecified atom stereocenters. The van der Waals surface area contributed by atoms with E-state index < -0.39 is 0 Å². The predicted molar refractivity (Wildman–Crippen MR) is 138 cm³/mol. The summed E-state index contributed by atoms with van der Waals surface area (Å²) >= 11 is 1.74. The van der Waals surface area contributed by atoms with Crippen LogP contribution in [0.3, 0.4) is 0 Å². The molecule has 3 heterocycles. The number of hydrogen-bond donors (Lipinski definition) is 2. The number of aromatic nitrogens is 2. The lowest BCUT2D eigenvalue weighted by Gasteiger charge is -2.31. The molecule has 0 atom stereocenters. The van der Waals surface area contributed by atoms with Gasteiger partial charge in [-0.1, -0.05) is 19.0 Å². The van der Waals surface area contributed by atoms with Crippen LogP contribution in [-0.4, -0.2) is 47.2 Å². The molecule has 2 aromatic rings. The molecule has 1 fully saturated rings. The molecule has 0 radical (unpaired) electrons.